The molecule has 1 heterocycles. The first-order valence-corrected chi connectivity index (χ1v) is 5.29. The fourth-order valence-corrected chi connectivity index (χ4v) is 2.28. The van der Waals surface area contributed by atoms with E-state index in [-0.39, 0.29) is 0 Å². The van der Waals surface area contributed by atoms with Gasteiger partial charge in [0.15, 0.2) is 0 Å². The van der Waals surface area contributed by atoms with Crippen molar-refractivity contribution in [1.82, 2.24) is 10.2 Å². The summed E-state index contributed by atoms with van der Waals surface area (Å²) in [6, 6.07) is 0. The molecule has 0 amide bonds. The monoisotopic (exact) mass is 176 g/mol. The van der Waals surface area contributed by atoms with Crippen LogP contribution in [-0.4, -0.2) is 31.1 Å². The first-order chi connectivity index (χ1) is 6.43. The molecule has 0 aromatic heterocycles. The summed E-state index contributed by atoms with van der Waals surface area (Å²) in [5, 5.41) is 3.38. The second kappa shape index (κ2) is 2.88. The summed E-state index contributed by atoms with van der Waals surface area (Å²) in [5.74, 6) is 1.78. The highest BCUT2D eigenvalue weighted by molar-refractivity contribution is 5.30. The molecule has 2 atom stereocenters. The molecule has 3 rings (SSSR count). The van der Waals surface area contributed by atoms with Gasteiger partial charge in [0.2, 0.25) is 0 Å². The van der Waals surface area contributed by atoms with Crippen LogP contribution in [0, 0.1) is 11.8 Å². The molecular formula is C11H16N2. The average Bonchev–Trinajstić information content (AvgIpc) is 2.96. The third kappa shape index (κ3) is 1.39. The van der Waals surface area contributed by atoms with Gasteiger partial charge in [0.05, 0.1) is 0 Å². The van der Waals surface area contributed by atoms with Crippen molar-refractivity contribution in [3.63, 3.8) is 0 Å². The molecule has 70 valence electrons. The van der Waals surface area contributed by atoms with E-state index in [1.54, 1.807) is 0 Å². The molecular weight excluding hydrogens is 160 g/mol. The van der Waals surface area contributed by atoms with Crippen LogP contribution < -0.4 is 5.32 Å². The summed E-state index contributed by atoms with van der Waals surface area (Å²) in [5.41, 5.74) is 1.47. The molecule has 1 aliphatic heterocycles. The van der Waals surface area contributed by atoms with Crippen molar-refractivity contribution >= 4 is 0 Å². The smallest absolute Gasteiger partial charge is 0.0326 e. The number of nitrogens with one attached hydrogen (secondary N) is 1. The molecule has 2 heteroatoms. The van der Waals surface area contributed by atoms with E-state index in [1.165, 1.54) is 25.2 Å². The van der Waals surface area contributed by atoms with Crippen LogP contribution >= 0.6 is 0 Å². The van der Waals surface area contributed by atoms with Crippen LogP contribution in [0.1, 0.15) is 6.42 Å². The van der Waals surface area contributed by atoms with Gasteiger partial charge < -0.3 is 10.2 Å². The van der Waals surface area contributed by atoms with Gasteiger partial charge in [-0.05, 0) is 24.3 Å². The number of piperazine rings is 1. The number of nitrogens with zero attached hydrogens (tertiary/aromatic N) is 1. The van der Waals surface area contributed by atoms with Gasteiger partial charge in [-0.1, -0.05) is 12.2 Å². The van der Waals surface area contributed by atoms with Crippen molar-refractivity contribution in [1.29, 1.82) is 0 Å². The Bertz CT molecular complexity index is 261. The predicted octanol–water partition coefficient (Wildman–Crippen LogP) is 0.981. The first-order valence-electron chi connectivity index (χ1n) is 5.29. The van der Waals surface area contributed by atoms with Gasteiger partial charge in [-0.3, -0.25) is 0 Å². The van der Waals surface area contributed by atoms with Crippen LogP contribution in [0.3, 0.4) is 0 Å². The fraction of sp³-hybridized carbons (Fsp3) is 0.636. The van der Waals surface area contributed by atoms with E-state index >= 15 is 0 Å². The molecule has 1 saturated heterocycles. The van der Waals surface area contributed by atoms with Gasteiger partial charge in [0, 0.05) is 31.9 Å². The zero-order valence-corrected chi connectivity index (χ0v) is 7.87. The maximum atomic E-state index is 3.38. The Labute approximate surface area is 79.3 Å². The zero-order valence-electron chi connectivity index (χ0n) is 7.87. The van der Waals surface area contributed by atoms with Gasteiger partial charge in [0.1, 0.15) is 0 Å². The van der Waals surface area contributed by atoms with Crippen molar-refractivity contribution in [3.05, 3.63) is 23.9 Å². The molecule has 0 aromatic rings. The van der Waals surface area contributed by atoms with E-state index in [4.69, 9.17) is 0 Å². The number of allylic oxidation sites excluding steroid dienone is 3. The molecule has 0 bridgehead atoms. The summed E-state index contributed by atoms with van der Waals surface area (Å²) >= 11 is 0. The van der Waals surface area contributed by atoms with E-state index in [1.807, 2.05) is 0 Å². The molecule has 0 radical (unpaired) electrons. The number of rotatable bonds is 1. The highest BCUT2D eigenvalue weighted by atomic mass is 15.2. The lowest BCUT2D eigenvalue weighted by Crippen LogP contribution is -2.42. The van der Waals surface area contributed by atoms with Crippen LogP contribution in [-0.2, 0) is 0 Å². The normalized spacial score (nSPS) is 36.9. The summed E-state index contributed by atoms with van der Waals surface area (Å²) in [6.45, 7) is 4.62. The number of fused-ring (bicyclic) bond motifs is 1. The first kappa shape index (κ1) is 7.63. The Morgan fingerprint density at radius 1 is 1.23 bits per heavy atom. The topological polar surface area (TPSA) is 15.3 Å². The Hall–Kier alpha value is -0.760. The van der Waals surface area contributed by atoms with Gasteiger partial charge >= 0.3 is 0 Å². The van der Waals surface area contributed by atoms with Crippen molar-refractivity contribution in [3.8, 4) is 0 Å². The highest BCUT2D eigenvalue weighted by Crippen LogP contribution is 2.44. The minimum atomic E-state index is 0.884. The van der Waals surface area contributed by atoms with E-state index in [0.717, 1.165) is 24.9 Å². The Morgan fingerprint density at radius 3 is 2.85 bits per heavy atom. The lowest BCUT2D eigenvalue weighted by Gasteiger charge is -2.31. The van der Waals surface area contributed by atoms with E-state index in [9.17, 15) is 0 Å². The highest BCUT2D eigenvalue weighted by Gasteiger charge is 2.35. The van der Waals surface area contributed by atoms with Crippen molar-refractivity contribution in [2.45, 2.75) is 6.42 Å². The standard InChI is InChI=1S/C11H16N2/c1-2-11(8-10-7-9(1)10)13-5-3-12-4-6-13/h1-2,8-10,12H,3-7H2. The Kier molecular flexibility index (Phi) is 1.69. The van der Waals surface area contributed by atoms with Crippen molar-refractivity contribution < 1.29 is 0 Å². The van der Waals surface area contributed by atoms with E-state index in [2.05, 4.69) is 28.4 Å². The SMILES string of the molecule is C1=CC2CC2C=C1N1CCNCC1. The second-order valence-corrected chi connectivity index (χ2v) is 4.25. The van der Waals surface area contributed by atoms with E-state index in [0.29, 0.717) is 0 Å². The number of hydrogen-bond donors (Lipinski definition) is 1. The van der Waals surface area contributed by atoms with Crippen molar-refractivity contribution in [2.24, 2.45) is 11.8 Å². The average molecular weight is 176 g/mol. The molecule has 13 heavy (non-hydrogen) atoms. The Morgan fingerprint density at radius 2 is 2.08 bits per heavy atom. The van der Waals surface area contributed by atoms with Gasteiger partial charge in [-0.15, -0.1) is 0 Å². The third-order valence-electron chi connectivity index (χ3n) is 3.27. The Balaban J connectivity index is 1.73. The van der Waals surface area contributed by atoms with E-state index < -0.39 is 0 Å². The minimum Gasteiger partial charge on any atom is -0.369 e. The van der Waals surface area contributed by atoms with Crippen LogP contribution in [0.15, 0.2) is 23.9 Å². The molecule has 1 N–H and O–H groups in total. The lowest BCUT2D eigenvalue weighted by molar-refractivity contribution is 0.305. The molecule has 0 spiro atoms. The van der Waals surface area contributed by atoms with Crippen molar-refractivity contribution in [2.75, 3.05) is 26.2 Å². The maximum absolute atomic E-state index is 3.38. The third-order valence-corrected chi connectivity index (χ3v) is 3.27. The van der Waals surface area contributed by atoms with Gasteiger partial charge in [-0.25, -0.2) is 0 Å². The quantitative estimate of drug-likeness (QED) is 0.640. The second-order valence-electron chi connectivity index (χ2n) is 4.25. The zero-order chi connectivity index (χ0) is 8.67. The van der Waals surface area contributed by atoms with Crippen LogP contribution in [0.2, 0.25) is 0 Å². The predicted molar refractivity (Wildman–Crippen MR) is 53.3 cm³/mol. The molecule has 1 saturated carbocycles. The molecule has 3 aliphatic rings. The van der Waals surface area contributed by atoms with Gasteiger partial charge in [0.25, 0.3) is 0 Å². The molecule has 2 nitrogen and oxygen atoms in total. The molecule has 0 aromatic carbocycles. The molecule has 2 aliphatic carbocycles. The summed E-state index contributed by atoms with van der Waals surface area (Å²) < 4.78 is 0. The summed E-state index contributed by atoms with van der Waals surface area (Å²) in [6.07, 6.45) is 8.57. The fourth-order valence-electron chi connectivity index (χ4n) is 2.28. The largest absolute Gasteiger partial charge is 0.369 e. The van der Waals surface area contributed by atoms with Crippen LogP contribution in [0.25, 0.3) is 0 Å². The number of hydrogen-bond acceptors (Lipinski definition) is 2. The van der Waals surface area contributed by atoms with Gasteiger partial charge in [-0.2, -0.15) is 0 Å². The summed E-state index contributed by atoms with van der Waals surface area (Å²) in [4.78, 5) is 2.50. The summed E-state index contributed by atoms with van der Waals surface area (Å²) in [7, 11) is 0. The van der Waals surface area contributed by atoms with Crippen LogP contribution in [0.4, 0.5) is 0 Å². The van der Waals surface area contributed by atoms with Crippen LogP contribution in [0.5, 0.6) is 0 Å². The molecule has 2 unspecified atom stereocenters. The molecule has 2 fully saturated rings. The maximum Gasteiger partial charge on any atom is 0.0326 e. The minimum absolute atomic E-state index is 0.884. The lowest BCUT2D eigenvalue weighted by atomic mass is 10.1.